The molecular formula is C22H30N2O5. The van der Waals surface area contributed by atoms with Gasteiger partial charge in [0.05, 0.1) is 0 Å². The van der Waals surface area contributed by atoms with Gasteiger partial charge < -0.3 is 19.0 Å². The van der Waals surface area contributed by atoms with Crippen molar-refractivity contribution in [3.63, 3.8) is 0 Å². The normalized spacial score (nSPS) is 13.3. The third-order valence-corrected chi connectivity index (χ3v) is 4.45. The minimum Gasteiger partial charge on any atom is -0.440 e. The molecule has 2 aromatic carbocycles. The lowest BCUT2D eigenvalue weighted by atomic mass is 10.0. The summed E-state index contributed by atoms with van der Waals surface area (Å²) in [4.78, 5) is 24.1. The van der Waals surface area contributed by atoms with Crippen LogP contribution in [0.3, 0.4) is 0 Å². The number of nitrogens with zero attached hydrogens (tertiary/aromatic N) is 1. The van der Waals surface area contributed by atoms with E-state index >= 15 is 0 Å². The van der Waals surface area contributed by atoms with E-state index in [1.54, 1.807) is 13.8 Å². The van der Waals surface area contributed by atoms with Gasteiger partial charge in [-0.2, -0.15) is 0 Å². The summed E-state index contributed by atoms with van der Waals surface area (Å²) in [6.07, 6.45) is -1.28. The van der Waals surface area contributed by atoms with Crippen LogP contribution in [0.25, 0.3) is 10.8 Å². The summed E-state index contributed by atoms with van der Waals surface area (Å²) in [6.45, 7) is 8.23. The Kier molecular flexibility index (Phi) is 9.05. The number of rotatable bonds is 11. The van der Waals surface area contributed by atoms with Crippen molar-refractivity contribution in [1.82, 2.24) is 10.4 Å². The van der Waals surface area contributed by atoms with Gasteiger partial charge in [-0.25, -0.2) is 15.2 Å². The maximum Gasteiger partial charge on any atom is 0.425 e. The van der Waals surface area contributed by atoms with E-state index in [0.29, 0.717) is 26.0 Å². The number of carbonyl (C=O) groups excluding carboxylic acids is 2. The summed E-state index contributed by atoms with van der Waals surface area (Å²) in [5, 5.41) is 3.38. The second-order valence-corrected chi connectivity index (χ2v) is 6.59. The number of hydrogen-bond acceptors (Lipinski definition) is 6. The molecule has 1 amide bonds. The average molecular weight is 402 g/mol. The Morgan fingerprint density at radius 2 is 1.72 bits per heavy atom. The number of aldehydes is 1. The van der Waals surface area contributed by atoms with Crippen LogP contribution >= 0.6 is 0 Å². The summed E-state index contributed by atoms with van der Waals surface area (Å²) in [5.41, 5.74) is 4.04. The molecule has 0 aromatic heterocycles. The van der Waals surface area contributed by atoms with Crippen LogP contribution in [-0.4, -0.2) is 49.0 Å². The van der Waals surface area contributed by atoms with Crippen molar-refractivity contribution >= 4 is 23.2 Å². The molecule has 0 aliphatic carbocycles. The molecule has 0 saturated heterocycles. The van der Waals surface area contributed by atoms with Crippen molar-refractivity contribution in [1.29, 1.82) is 0 Å². The Hall–Kier alpha value is -2.48. The molecule has 0 fully saturated rings. The smallest absolute Gasteiger partial charge is 0.425 e. The van der Waals surface area contributed by atoms with E-state index in [9.17, 15) is 9.59 Å². The molecule has 0 spiro atoms. The SMILES string of the molecule is CCOC(OCC)C(C)OC(=O)N(NCc1cccc2ccccc12)C(C)C=O. The predicted molar refractivity (Wildman–Crippen MR) is 111 cm³/mol. The van der Waals surface area contributed by atoms with Gasteiger partial charge in [-0.3, -0.25) is 0 Å². The van der Waals surface area contributed by atoms with Crippen molar-refractivity contribution in [2.75, 3.05) is 13.2 Å². The number of hydrazine groups is 1. The molecular weight excluding hydrogens is 372 g/mol. The first-order valence-electron chi connectivity index (χ1n) is 9.90. The number of benzene rings is 2. The quantitative estimate of drug-likeness (QED) is 0.351. The van der Waals surface area contributed by atoms with Gasteiger partial charge in [0.15, 0.2) is 12.4 Å². The number of carbonyl (C=O) groups is 2. The minimum atomic E-state index is -0.706. The first kappa shape index (κ1) is 22.8. The van der Waals surface area contributed by atoms with Crippen LogP contribution in [0.2, 0.25) is 0 Å². The van der Waals surface area contributed by atoms with Crippen LogP contribution < -0.4 is 5.43 Å². The van der Waals surface area contributed by atoms with Gasteiger partial charge in [0.2, 0.25) is 0 Å². The van der Waals surface area contributed by atoms with Crippen LogP contribution in [0.1, 0.15) is 33.3 Å². The molecule has 29 heavy (non-hydrogen) atoms. The molecule has 2 aromatic rings. The third kappa shape index (κ3) is 6.25. The van der Waals surface area contributed by atoms with Gasteiger partial charge >= 0.3 is 6.09 Å². The second kappa shape index (κ2) is 11.5. The Labute approximate surface area is 171 Å². The average Bonchev–Trinajstić information content (AvgIpc) is 2.73. The number of ether oxygens (including phenoxy) is 3. The molecule has 0 heterocycles. The van der Waals surface area contributed by atoms with Crippen LogP contribution in [-0.2, 0) is 25.5 Å². The Morgan fingerprint density at radius 3 is 2.38 bits per heavy atom. The molecule has 0 radical (unpaired) electrons. The van der Waals surface area contributed by atoms with E-state index in [4.69, 9.17) is 14.2 Å². The zero-order valence-corrected chi connectivity index (χ0v) is 17.5. The highest BCUT2D eigenvalue weighted by molar-refractivity contribution is 5.85. The van der Waals surface area contributed by atoms with Crippen molar-refractivity contribution in [3.8, 4) is 0 Å². The molecule has 7 heteroatoms. The minimum absolute atomic E-state index is 0.364. The lowest BCUT2D eigenvalue weighted by Gasteiger charge is -2.29. The van der Waals surface area contributed by atoms with Gasteiger partial charge in [0, 0.05) is 19.8 Å². The molecule has 2 unspecified atom stereocenters. The molecule has 7 nitrogen and oxygen atoms in total. The van der Waals surface area contributed by atoms with E-state index in [2.05, 4.69) is 5.43 Å². The fourth-order valence-corrected chi connectivity index (χ4v) is 2.97. The molecule has 0 aliphatic rings. The van der Waals surface area contributed by atoms with Gasteiger partial charge in [-0.15, -0.1) is 0 Å². The lowest BCUT2D eigenvalue weighted by Crippen LogP contribution is -2.50. The number of amides is 1. The number of fused-ring (bicyclic) bond motifs is 1. The molecule has 2 rings (SSSR count). The van der Waals surface area contributed by atoms with Crippen molar-refractivity contribution < 1.29 is 23.8 Å². The molecule has 158 valence electrons. The molecule has 0 bridgehead atoms. The van der Waals surface area contributed by atoms with Gasteiger partial charge in [0.25, 0.3) is 0 Å². The summed E-state index contributed by atoms with van der Waals surface area (Å²) in [6, 6.07) is 13.3. The Bertz CT molecular complexity index is 786. The Morgan fingerprint density at radius 1 is 1.07 bits per heavy atom. The van der Waals surface area contributed by atoms with Gasteiger partial charge in [0.1, 0.15) is 12.3 Å². The van der Waals surface area contributed by atoms with Crippen LogP contribution in [0, 0.1) is 0 Å². The molecule has 1 N–H and O–H groups in total. The van der Waals surface area contributed by atoms with Crippen LogP contribution in [0.5, 0.6) is 0 Å². The highest BCUT2D eigenvalue weighted by atomic mass is 16.7. The molecule has 0 aliphatic heterocycles. The molecule has 0 saturated carbocycles. The Balaban J connectivity index is 2.10. The second-order valence-electron chi connectivity index (χ2n) is 6.59. The van der Waals surface area contributed by atoms with Crippen molar-refractivity contribution in [2.45, 2.75) is 52.7 Å². The standard InChI is InChI=1S/C22H30N2O5/c1-5-27-21(28-6-2)17(4)29-22(26)24(16(3)15-25)23-14-19-12-9-11-18-10-7-8-13-20(18)19/h7-13,15-17,21,23H,5-6,14H2,1-4H3. The van der Waals surface area contributed by atoms with E-state index in [1.807, 2.05) is 56.3 Å². The first-order valence-corrected chi connectivity index (χ1v) is 9.90. The van der Waals surface area contributed by atoms with E-state index in [-0.39, 0.29) is 0 Å². The fourth-order valence-electron chi connectivity index (χ4n) is 2.97. The zero-order valence-electron chi connectivity index (χ0n) is 17.5. The topological polar surface area (TPSA) is 77.1 Å². The predicted octanol–water partition coefficient (Wildman–Crippen LogP) is 3.66. The van der Waals surface area contributed by atoms with E-state index in [1.165, 1.54) is 5.01 Å². The van der Waals surface area contributed by atoms with Gasteiger partial charge in [-0.1, -0.05) is 42.5 Å². The fraction of sp³-hybridized carbons (Fsp3) is 0.455. The monoisotopic (exact) mass is 402 g/mol. The van der Waals surface area contributed by atoms with Crippen LogP contribution in [0.4, 0.5) is 4.79 Å². The highest BCUT2D eigenvalue weighted by Gasteiger charge is 2.27. The summed E-state index contributed by atoms with van der Waals surface area (Å²) in [5.74, 6) is 0. The number of hydrogen-bond donors (Lipinski definition) is 1. The largest absolute Gasteiger partial charge is 0.440 e. The molecule has 2 atom stereocenters. The summed E-state index contributed by atoms with van der Waals surface area (Å²) >= 11 is 0. The maximum atomic E-state index is 12.7. The number of nitrogens with one attached hydrogen (secondary N) is 1. The third-order valence-electron chi connectivity index (χ3n) is 4.45. The zero-order chi connectivity index (χ0) is 21.2. The van der Waals surface area contributed by atoms with E-state index < -0.39 is 24.5 Å². The summed E-state index contributed by atoms with van der Waals surface area (Å²) in [7, 11) is 0. The van der Waals surface area contributed by atoms with Gasteiger partial charge in [-0.05, 0) is 44.0 Å². The van der Waals surface area contributed by atoms with Crippen LogP contribution in [0.15, 0.2) is 42.5 Å². The highest BCUT2D eigenvalue weighted by Crippen LogP contribution is 2.18. The lowest BCUT2D eigenvalue weighted by molar-refractivity contribution is -0.187. The summed E-state index contributed by atoms with van der Waals surface area (Å²) < 4.78 is 16.5. The van der Waals surface area contributed by atoms with E-state index in [0.717, 1.165) is 16.3 Å². The van der Waals surface area contributed by atoms with Crippen molar-refractivity contribution in [3.05, 3.63) is 48.0 Å². The first-order chi connectivity index (χ1) is 14.0. The maximum absolute atomic E-state index is 12.7. The van der Waals surface area contributed by atoms with Crippen molar-refractivity contribution in [2.24, 2.45) is 0 Å².